The van der Waals surface area contributed by atoms with E-state index in [1.165, 1.54) is 4.57 Å². The molecule has 27 heavy (non-hydrogen) atoms. The van der Waals surface area contributed by atoms with E-state index < -0.39 is 17.4 Å². The van der Waals surface area contributed by atoms with Crippen LogP contribution in [0.1, 0.15) is 26.3 Å². The summed E-state index contributed by atoms with van der Waals surface area (Å²) >= 11 is 0. The Hall–Kier alpha value is -3.87. The Morgan fingerprint density at radius 2 is 1.74 bits per heavy atom. The molecular formula is C20H15N3O4. The van der Waals surface area contributed by atoms with Gasteiger partial charge < -0.3 is 10.5 Å². The number of amides is 2. The summed E-state index contributed by atoms with van der Waals surface area (Å²) in [6.45, 7) is 1.94. The largest absolute Gasteiger partial charge is 0.455 e. The average Bonchev–Trinajstić information content (AvgIpc) is 2.90. The van der Waals surface area contributed by atoms with Gasteiger partial charge in [-0.3, -0.25) is 24.3 Å². The molecule has 3 N–H and O–H groups in total. The summed E-state index contributed by atoms with van der Waals surface area (Å²) in [5.41, 5.74) is 6.94. The predicted molar refractivity (Wildman–Crippen MR) is 99.5 cm³/mol. The van der Waals surface area contributed by atoms with Crippen LogP contribution in [0.3, 0.4) is 0 Å². The van der Waals surface area contributed by atoms with Crippen molar-refractivity contribution >= 4 is 17.6 Å². The van der Waals surface area contributed by atoms with Crippen molar-refractivity contribution in [3.8, 4) is 17.2 Å². The molecule has 134 valence electrons. The lowest BCUT2D eigenvalue weighted by Gasteiger charge is -2.16. The number of hydrogen-bond acceptors (Lipinski definition) is 5. The molecular weight excluding hydrogens is 346 g/mol. The molecule has 0 saturated carbocycles. The van der Waals surface area contributed by atoms with Gasteiger partial charge in [0.15, 0.2) is 5.75 Å². The maximum atomic E-state index is 12.6. The number of hydrogen-bond donors (Lipinski definition) is 2. The number of anilines is 1. The molecule has 0 radical (unpaired) electrons. The summed E-state index contributed by atoms with van der Waals surface area (Å²) in [6.07, 6.45) is 0. The minimum atomic E-state index is -0.629. The predicted octanol–water partition coefficient (Wildman–Crippen LogP) is 2.40. The number of para-hydroxylation sites is 2. The van der Waals surface area contributed by atoms with Crippen molar-refractivity contribution in [3.63, 3.8) is 0 Å². The first kappa shape index (κ1) is 16.6. The highest BCUT2D eigenvalue weighted by atomic mass is 16.5. The monoisotopic (exact) mass is 361 g/mol. The summed E-state index contributed by atoms with van der Waals surface area (Å²) in [7, 11) is 0. The number of ether oxygens (including phenoxy) is 1. The van der Waals surface area contributed by atoms with E-state index in [1.807, 2.05) is 25.1 Å². The molecule has 7 nitrogen and oxygen atoms in total. The Labute approximate surface area is 154 Å². The van der Waals surface area contributed by atoms with Crippen molar-refractivity contribution in [1.82, 2.24) is 9.88 Å². The van der Waals surface area contributed by atoms with Crippen molar-refractivity contribution in [2.45, 2.75) is 6.92 Å². The SMILES string of the molecule is Cc1cccc(Oc2ccccc2-n2c(N)c3c(cc2=O)C(=O)NC3=O)c1. The van der Waals surface area contributed by atoms with Gasteiger partial charge in [-0.05, 0) is 36.8 Å². The number of aromatic nitrogens is 1. The van der Waals surface area contributed by atoms with Gasteiger partial charge in [0.05, 0.1) is 16.8 Å². The van der Waals surface area contributed by atoms with Crippen LogP contribution in [-0.4, -0.2) is 16.4 Å². The fourth-order valence-corrected chi connectivity index (χ4v) is 3.06. The molecule has 0 saturated heterocycles. The first-order chi connectivity index (χ1) is 13.0. The molecule has 1 aliphatic rings. The van der Waals surface area contributed by atoms with Gasteiger partial charge >= 0.3 is 0 Å². The fraction of sp³-hybridized carbons (Fsp3) is 0.0500. The zero-order valence-electron chi connectivity index (χ0n) is 14.4. The van der Waals surface area contributed by atoms with Crippen molar-refractivity contribution < 1.29 is 14.3 Å². The lowest BCUT2D eigenvalue weighted by molar-refractivity contribution is 0.0880. The number of imide groups is 1. The number of benzene rings is 2. The molecule has 0 atom stereocenters. The lowest BCUT2D eigenvalue weighted by atomic mass is 10.1. The van der Waals surface area contributed by atoms with Crippen molar-refractivity contribution in [3.05, 3.63) is 81.6 Å². The number of nitrogen functional groups attached to an aromatic ring is 1. The van der Waals surface area contributed by atoms with E-state index in [1.54, 1.807) is 30.3 Å². The van der Waals surface area contributed by atoms with Crippen molar-refractivity contribution in [2.24, 2.45) is 0 Å². The van der Waals surface area contributed by atoms with Crippen LogP contribution in [0.25, 0.3) is 5.69 Å². The summed E-state index contributed by atoms with van der Waals surface area (Å²) in [6, 6.07) is 15.4. The molecule has 3 aromatic rings. The standard InChI is InChI=1S/C20H15N3O4/c1-11-5-4-6-12(9-11)27-15-8-3-2-7-14(15)23-16(24)10-13-17(18(23)21)20(26)22-19(13)25/h2-10H,21H2,1H3,(H,22,25,26). The van der Waals surface area contributed by atoms with Gasteiger partial charge in [-0.15, -0.1) is 0 Å². The van der Waals surface area contributed by atoms with Gasteiger partial charge in [0.1, 0.15) is 11.6 Å². The minimum Gasteiger partial charge on any atom is -0.455 e. The highest BCUT2D eigenvalue weighted by Gasteiger charge is 2.32. The Morgan fingerprint density at radius 3 is 2.52 bits per heavy atom. The van der Waals surface area contributed by atoms with Gasteiger partial charge in [-0.1, -0.05) is 24.3 Å². The number of nitrogens with one attached hydrogen (secondary N) is 1. The van der Waals surface area contributed by atoms with E-state index in [0.29, 0.717) is 17.2 Å². The molecule has 1 aliphatic heterocycles. The zero-order valence-corrected chi connectivity index (χ0v) is 14.4. The second kappa shape index (κ2) is 6.14. The fourth-order valence-electron chi connectivity index (χ4n) is 3.06. The Bertz CT molecular complexity index is 1160. The Kier molecular flexibility index (Phi) is 3.77. The molecule has 4 rings (SSSR count). The van der Waals surface area contributed by atoms with Gasteiger partial charge in [0.25, 0.3) is 17.4 Å². The van der Waals surface area contributed by atoms with Gasteiger partial charge in [-0.25, -0.2) is 0 Å². The molecule has 0 fully saturated rings. The number of nitrogens with zero attached hydrogens (tertiary/aromatic N) is 1. The number of nitrogens with two attached hydrogens (primary N) is 1. The third-order valence-corrected chi connectivity index (χ3v) is 4.28. The van der Waals surface area contributed by atoms with Crippen LogP contribution in [0.15, 0.2) is 59.4 Å². The average molecular weight is 361 g/mol. The molecule has 2 aromatic carbocycles. The Balaban J connectivity index is 1.89. The van der Waals surface area contributed by atoms with Crippen molar-refractivity contribution in [2.75, 3.05) is 5.73 Å². The van der Waals surface area contributed by atoms with Crippen LogP contribution in [-0.2, 0) is 0 Å². The van der Waals surface area contributed by atoms with Gasteiger partial charge in [0.2, 0.25) is 0 Å². The quantitative estimate of drug-likeness (QED) is 0.697. The zero-order chi connectivity index (χ0) is 19.1. The number of carbonyl (C=O) groups excluding carboxylic acids is 2. The highest BCUT2D eigenvalue weighted by Crippen LogP contribution is 2.31. The van der Waals surface area contributed by atoms with Crippen LogP contribution in [0.5, 0.6) is 11.5 Å². The van der Waals surface area contributed by atoms with Crippen LogP contribution >= 0.6 is 0 Å². The summed E-state index contributed by atoms with van der Waals surface area (Å²) in [5, 5.41) is 2.15. The maximum absolute atomic E-state index is 12.6. The normalized spacial score (nSPS) is 12.6. The molecule has 0 unspecified atom stereocenters. The van der Waals surface area contributed by atoms with Crippen LogP contribution in [0, 0.1) is 6.92 Å². The molecule has 2 amide bonds. The van der Waals surface area contributed by atoms with Gasteiger partial charge in [-0.2, -0.15) is 0 Å². The van der Waals surface area contributed by atoms with E-state index in [0.717, 1.165) is 11.6 Å². The summed E-state index contributed by atoms with van der Waals surface area (Å²) in [4.78, 5) is 36.5. The summed E-state index contributed by atoms with van der Waals surface area (Å²) < 4.78 is 7.11. The molecule has 0 bridgehead atoms. The van der Waals surface area contributed by atoms with Crippen molar-refractivity contribution in [1.29, 1.82) is 0 Å². The summed E-state index contributed by atoms with van der Waals surface area (Å²) in [5.74, 6) is -0.376. The number of rotatable bonds is 3. The second-order valence-corrected chi connectivity index (χ2v) is 6.16. The van der Waals surface area contributed by atoms with E-state index in [2.05, 4.69) is 5.32 Å². The number of carbonyl (C=O) groups is 2. The lowest BCUT2D eigenvalue weighted by Crippen LogP contribution is -2.24. The first-order valence-corrected chi connectivity index (χ1v) is 8.21. The topological polar surface area (TPSA) is 103 Å². The first-order valence-electron chi connectivity index (χ1n) is 8.21. The third-order valence-electron chi connectivity index (χ3n) is 4.28. The number of aryl methyl sites for hydroxylation is 1. The molecule has 7 heteroatoms. The van der Waals surface area contributed by atoms with E-state index in [-0.39, 0.29) is 16.9 Å². The maximum Gasteiger partial charge on any atom is 0.262 e. The smallest absolute Gasteiger partial charge is 0.262 e. The number of pyridine rings is 1. The van der Waals surface area contributed by atoms with E-state index >= 15 is 0 Å². The van der Waals surface area contributed by atoms with Crippen LogP contribution in [0.2, 0.25) is 0 Å². The third kappa shape index (κ3) is 2.75. The van der Waals surface area contributed by atoms with Crippen LogP contribution < -0.4 is 21.3 Å². The highest BCUT2D eigenvalue weighted by molar-refractivity contribution is 6.23. The van der Waals surface area contributed by atoms with Crippen LogP contribution in [0.4, 0.5) is 5.82 Å². The minimum absolute atomic E-state index is 0.00930. The molecule has 0 spiro atoms. The second-order valence-electron chi connectivity index (χ2n) is 6.16. The molecule has 0 aliphatic carbocycles. The number of fused-ring (bicyclic) bond motifs is 1. The molecule has 1 aromatic heterocycles. The van der Waals surface area contributed by atoms with Gasteiger partial charge in [0, 0.05) is 6.07 Å². The van der Waals surface area contributed by atoms with E-state index in [9.17, 15) is 14.4 Å². The molecule has 2 heterocycles. The Morgan fingerprint density at radius 1 is 0.963 bits per heavy atom. The van der Waals surface area contributed by atoms with E-state index in [4.69, 9.17) is 10.5 Å².